The van der Waals surface area contributed by atoms with E-state index >= 15 is 0 Å². The Bertz CT molecular complexity index is 727. The fourth-order valence-corrected chi connectivity index (χ4v) is 4.24. The van der Waals surface area contributed by atoms with Crippen molar-refractivity contribution >= 4 is 12.0 Å². The Balaban J connectivity index is 1.72. The number of nitriles is 1. The van der Waals surface area contributed by atoms with E-state index in [1.165, 1.54) is 12.8 Å². The molecule has 2 heterocycles. The molecule has 2 aliphatic rings. The summed E-state index contributed by atoms with van der Waals surface area (Å²) < 4.78 is 7.99. The van der Waals surface area contributed by atoms with Gasteiger partial charge in [0.1, 0.15) is 11.6 Å². The van der Waals surface area contributed by atoms with Gasteiger partial charge in [0.05, 0.1) is 6.10 Å². The van der Waals surface area contributed by atoms with Gasteiger partial charge in [0.25, 0.3) is 5.91 Å². The van der Waals surface area contributed by atoms with Crippen LogP contribution < -0.4 is 5.32 Å². The quantitative estimate of drug-likeness (QED) is 0.484. The van der Waals surface area contributed by atoms with Gasteiger partial charge < -0.3 is 14.6 Å². The molecular weight excluding hydrogens is 338 g/mol. The second-order valence-electron chi connectivity index (χ2n) is 7.90. The number of nitrogens with one attached hydrogen (secondary N) is 1. The van der Waals surface area contributed by atoms with Crippen LogP contribution in [-0.4, -0.2) is 29.2 Å². The Hall–Kier alpha value is -2.06. The number of carbonyl (C=O) groups excluding carboxylic acids is 1. The molecule has 27 heavy (non-hydrogen) atoms. The number of carbonyl (C=O) groups is 1. The number of rotatable bonds is 5. The Morgan fingerprint density at radius 1 is 1.26 bits per heavy atom. The van der Waals surface area contributed by atoms with Crippen LogP contribution in [0.2, 0.25) is 0 Å². The molecule has 146 valence electrons. The van der Waals surface area contributed by atoms with Crippen molar-refractivity contribution in [3.8, 4) is 6.07 Å². The largest absolute Gasteiger partial charge is 0.376 e. The lowest BCUT2D eigenvalue weighted by Gasteiger charge is -2.16. The summed E-state index contributed by atoms with van der Waals surface area (Å²) in [6.45, 7) is 5.79. The van der Waals surface area contributed by atoms with E-state index < -0.39 is 0 Å². The molecule has 1 N–H and O–H groups in total. The molecule has 0 bridgehead atoms. The molecule has 0 aromatic carbocycles. The monoisotopic (exact) mass is 369 g/mol. The van der Waals surface area contributed by atoms with Crippen molar-refractivity contribution in [2.45, 2.75) is 83.9 Å². The number of aromatic nitrogens is 1. The van der Waals surface area contributed by atoms with Crippen LogP contribution in [0.1, 0.15) is 68.3 Å². The highest BCUT2D eigenvalue weighted by molar-refractivity contribution is 6.02. The van der Waals surface area contributed by atoms with Crippen molar-refractivity contribution in [1.29, 1.82) is 5.26 Å². The van der Waals surface area contributed by atoms with Crippen LogP contribution >= 0.6 is 0 Å². The first-order valence-electron chi connectivity index (χ1n) is 10.3. The van der Waals surface area contributed by atoms with E-state index in [1.807, 2.05) is 6.92 Å². The van der Waals surface area contributed by atoms with E-state index in [9.17, 15) is 10.1 Å². The molecule has 0 spiro atoms. The third-order valence-electron chi connectivity index (χ3n) is 5.88. The first-order chi connectivity index (χ1) is 13.1. The molecule has 5 nitrogen and oxygen atoms in total. The number of ether oxygens (including phenoxy) is 1. The number of amides is 1. The van der Waals surface area contributed by atoms with Crippen molar-refractivity contribution in [2.75, 3.05) is 6.61 Å². The number of hydrogen-bond donors (Lipinski definition) is 1. The van der Waals surface area contributed by atoms with Crippen LogP contribution in [0.15, 0.2) is 11.6 Å². The average Bonchev–Trinajstić information content (AvgIpc) is 3.16. The number of hydrogen-bond acceptors (Lipinski definition) is 3. The van der Waals surface area contributed by atoms with Crippen molar-refractivity contribution < 1.29 is 9.53 Å². The molecular formula is C22H31N3O2. The summed E-state index contributed by atoms with van der Waals surface area (Å²) in [5.74, 6) is -0.242. The van der Waals surface area contributed by atoms with Gasteiger partial charge in [0, 0.05) is 30.6 Å². The Morgan fingerprint density at radius 2 is 2.00 bits per heavy atom. The molecule has 1 aromatic rings. The fourth-order valence-electron chi connectivity index (χ4n) is 4.24. The van der Waals surface area contributed by atoms with Crippen molar-refractivity contribution in [1.82, 2.24) is 9.88 Å². The highest BCUT2D eigenvalue weighted by Crippen LogP contribution is 2.22. The molecule has 1 unspecified atom stereocenters. The van der Waals surface area contributed by atoms with Crippen molar-refractivity contribution in [2.24, 2.45) is 0 Å². The molecule has 1 aliphatic carbocycles. The van der Waals surface area contributed by atoms with E-state index in [2.05, 4.69) is 28.9 Å². The van der Waals surface area contributed by atoms with Gasteiger partial charge in [-0.1, -0.05) is 25.7 Å². The van der Waals surface area contributed by atoms with Gasteiger partial charge >= 0.3 is 0 Å². The molecule has 1 atom stereocenters. The molecule has 1 saturated carbocycles. The van der Waals surface area contributed by atoms with E-state index in [0.717, 1.165) is 68.6 Å². The maximum atomic E-state index is 12.6. The van der Waals surface area contributed by atoms with Crippen LogP contribution in [0.3, 0.4) is 0 Å². The lowest BCUT2D eigenvalue weighted by atomic mass is 10.1. The van der Waals surface area contributed by atoms with Gasteiger partial charge in [0.15, 0.2) is 0 Å². The second-order valence-corrected chi connectivity index (χ2v) is 7.90. The molecule has 1 aliphatic heterocycles. The van der Waals surface area contributed by atoms with Crippen LogP contribution in [0.5, 0.6) is 0 Å². The molecule has 5 heteroatoms. The maximum absolute atomic E-state index is 12.6. The van der Waals surface area contributed by atoms with Gasteiger partial charge in [-0.25, -0.2) is 0 Å². The van der Waals surface area contributed by atoms with Crippen LogP contribution in [0.4, 0.5) is 0 Å². The first-order valence-corrected chi connectivity index (χ1v) is 10.3. The predicted molar refractivity (Wildman–Crippen MR) is 106 cm³/mol. The van der Waals surface area contributed by atoms with Crippen molar-refractivity contribution in [3.63, 3.8) is 0 Å². The van der Waals surface area contributed by atoms with E-state index in [-0.39, 0.29) is 23.6 Å². The van der Waals surface area contributed by atoms with Gasteiger partial charge in [-0.3, -0.25) is 4.79 Å². The summed E-state index contributed by atoms with van der Waals surface area (Å²) in [4.78, 5) is 12.6. The maximum Gasteiger partial charge on any atom is 0.262 e. The third-order valence-corrected chi connectivity index (χ3v) is 5.88. The van der Waals surface area contributed by atoms with Crippen LogP contribution in [0.25, 0.3) is 6.08 Å². The van der Waals surface area contributed by atoms with Gasteiger partial charge in [0.2, 0.25) is 0 Å². The zero-order chi connectivity index (χ0) is 19.2. The molecule has 1 saturated heterocycles. The van der Waals surface area contributed by atoms with E-state index in [0.29, 0.717) is 0 Å². The number of aryl methyl sites for hydroxylation is 1. The SMILES string of the molecule is Cc1cc(/C=C(\C#N)C(=O)NC2CCCCCC2)c(C)n1CC1CCCO1. The van der Waals surface area contributed by atoms with Crippen LogP contribution in [0, 0.1) is 25.2 Å². The highest BCUT2D eigenvalue weighted by Gasteiger charge is 2.20. The van der Waals surface area contributed by atoms with Crippen molar-refractivity contribution in [3.05, 3.63) is 28.6 Å². The second kappa shape index (κ2) is 9.23. The highest BCUT2D eigenvalue weighted by atomic mass is 16.5. The summed E-state index contributed by atoms with van der Waals surface area (Å²) in [6.07, 6.45) is 11.0. The zero-order valence-electron chi connectivity index (χ0n) is 16.6. The molecule has 0 radical (unpaired) electrons. The molecule has 2 fully saturated rings. The van der Waals surface area contributed by atoms with Gasteiger partial charge in [-0.15, -0.1) is 0 Å². The first kappa shape index (κ1) is 19.7. The lowest BCUT2D eigenvalue weighted by Crippen LogP contribution is -2.35. The number of nitrogens with zero attached hydrogens (tertiary/aromatic N) is 2. The minimum Gasteiger partial charge on any atom is -0.376 e. The van der Waals surface area contributed by atoms with Crippen LogP contribution in [-0.2, 0) is 16.1 Å². The summed E-state index contributed by atoms with van der Waals surface area (Å²) in [6, 6.07) is 4.35. The summed E-state index contributed by atoms with van der Waals surface area (Å²) in [5, 5.41) is 12.6. The minimum absolute atomic E-state index is 0.191. The van der Waals surface area contributed by atoms with E-state index in [4.69, 9.17) is 4.74 Å². The van der Waals surface area contributed by atoms with Gasteiger partial charge in [-0.05, 0) is 57.2 Å². The average molecular weight is 370 g/mol. The Labute approximate surface area is 162 Å². The minimum atomic E-state index is -0.242. The lowest BCUT2D eigenvalue weighted by molar-refractivity contribution is -0.117. The normalized spacial score (nSPS) is 21.7. The Morgan fingerprint density at radius 3 is 2.63 bits per heavy atom. The smallest absolute Gasteiger partial charge is 0.262 e. The Kier molecular flexibility index (Phi) is 6.73. The molecule has 3 rings (SSSR count). The summed E-state index contributed by atoms with van der Waals surface area (Å²) >= 11 is 0. The predicted octanol–water partition coefficient (Wildman–Crippen LogP) is 4.03. The fraction of sp³-hybridized carbons (Fsp3) is 0.636. The topological polar surface area (TPSA) is 67.0 Å². The van der Waals surface area contributed by atoms with E-state index in [1.54, 1.807) is 6.08 Å². The molecule has 1 amide bonds. The third kappa shape index (κ3) is 5.01. The summed E-state index contributed by atoms with van der Waals surface area (Å²) in [5.41, 5.74) is 3.35. The standard InChI is InChI=1S/C22H31N3O2/c1-16-12-18(17(2)25(16)15-21-10-7-11-27-21)13-19(14-23)22(26)24-20-8-5-3-4-6-9-20/h12-13,20-21H,3-11,15H2,1-2H3,(H,24,26)/b19-13+. The zero-order valence-corrected chi connectivity index (χ0v) is 16.6. The summed E-state index contributed by atoms with van der Waals surface area (Å²) in [7, 11) is 0. The molecule has 1 aromatic heterocycles. The van der Waals surface area contributed by atoms with Gasteiger partial charge in [-0.2, -0.15) is 5.26 Å².